The molecule has 2 aromatic rings. The first-order chi connectivity index (χ1) is 8.83. The molecule has 2 unspecified atom stereocenters. The number of benzene rings is 2. The van der Waals surface area contributed by atoms with E-state index in [1.165, 1.54) is 42.0 Å². The van der Waals surface area contributed by atoms with Crippen LogP contribution in [0.15, 0.2) is 42.5 Å². The monoisotopic (exact) mass is 239 g/mol. The Kier molecular flexibility index (Phi) is 3.33. The van der Waals surface area contributed by atoms with Gasteiger partial charge in [0.25, 0.3) is 0 Å². The van der Waals surface area contributed by atoms with E-state index in [0.717, 1.165) is 6.42 Å². The first kappa shape index (κ1) is 11.7. The Morgan fingerprint density at radius 3 is 2.56 bits per heavy atom. The molecule has 2 aromatic carbocycles. The van der Waals surface area contributed by atoms with Crippen LogP contribution >= 0.6 is 0 Å². The fourth-order valence-corrected chi connectivity index (χ4v) is 3.16. The zero-order chi connectivity index (χ0) is 12.4. The second-order valence-corrected chi connectivity index (χ2v) is 5.58. The van der Waals surface area contributed by atoms with Gasteiger partial charge in [-0.25, -0.2) is 0 Å². The highest BCUT2D eigenvalue weighted by atomic mass is 14.6. The minimum atomic E-state index is 0.393. The number of rotatable bonds is 1. The fraction of sp³-hybridized carbons (Fsp3) is 0.412. The van der Waals surface area contributed by atoms with Crippen molar-refractivity contribution in [1.29, 1.82) is 0 Å². The molecular formula is C17H21N. The molecule has 0 bridgehead atoms. The maximum Gasteiger partial charge on any atom is 0.00446 e. The Labute approximate surface area is 109 Å². The highest BCUT2D eigenvalue weighted by molar-refractivity contribution is 5.83. The zero-order valence-corrected chi connectivity index (χ0v) is 10.8. The van der Waals surface area contributed by atoms with Gasteiger partial charge in [0.2, 0.25) is 0 Å². The summed E-state index contributed by atoms with van der Waals surface area (Å²) >= 11 is 0. The number of nitrogens with two attached hydrogens (primary N) is 1. The quantitative estimate of drug-likeness (QED) is 0.741. The summed E-state index contributed by atoms with van der Waals surface area (Å²) in [5.74, 6) is 0.659. The van der Waals surface area contributed by atoms with Crippen LogP contribution in [0.25, 0.3) is 10.8 Å². The Balaban J connectivity index is 1.92. The van der Waals surface area contributed by atoms with E-state index >= 15 is 0 Å². The maximum absolute atomic E-state index is 6.18. The second-order valence-electron chi connectivity index (χ2n) is 5.58. The lowest BCUT2D eigenvalue weighted by atomic mass is 9.89. The van der Waals surface area contributed by atoms with E-state index < -0.39 is 0 Å². The van der Waals surface area contributed by atoms with Crippen molar-refractivity contribution in [2.75, 3.05) is 0 Å². The van der Waals surface area contributed by atoms with Crippen LogP contribution in [0.2, 0.25) is 0 Å². The van der Waals surface area contributed by atoms with Gasteiger partial charge in [0.05, 0.1) is 0 Å². The molecule has 0 amide bonds. The smallest absolute Gasteiger partial charge is 0.00446 e. The molecular weight excluding hydrogens is 218 g/mol. The average molecular weight is 239 g/mol. The molecule has 0 radical (unpaired) electrons. The molecule has 1 nitrogen and oxygen atoms in total. The minimum absolute atomic E-state index is 0.393. The summed E-state index contributed by atoms with van der Waals surface area (Å²) in [4.78, 5) is 0. The largest absolute Gasteiger partial charge is 0.328 e. The molecule has 1 heteroatoms. The molecule has 1 saturated carbocycles. The van der Waals surface area contributed by atoms with E-state index in [4.69, 9.17) is 5.73 Å². The molecule has 1 aliphatic carbocycles. The third-order valence-corrected chi connectivity index (χ3v) is 4.21. The predicted molar refractivity (Wildman–Crippen MR) is 77.7 cm³/mol. The molecule has 2 N–H and O–H groups in total. The molecule has 0 spiro atoms. The summed E-state index contributed by atoms with van der Waals surface area (Å²) in [6.07, 6.45) is 6.27. The third-order valence-electron chi connectivity index (χ3n) is 4.21. The minimum Gasteiger partial charge on any atom is -0.328 e. The average Bonchev–Trinajstić information content (AvgIpc) is 2.63. The lowest BCUT2D eigenvalue weighted by Gasteiger charge is -2.18. The standard InChI is InChI=1S/C17H21N/c18-17-8-4-3-7-15(12-17)16-10-9-13-5-1-2-6-14(13)11-16/h1-2,5-6,9-11,15,17H,3-4,7-8,12,18H2. The molecule has 0 heterocycles. The molecule has 0 aromatic heterocycles. The van der Waals surface area contributed by atoms with Gasteiger partial charge in [0.1, 0.15) is 0 Å². The van der Waals surface area contributed by atoms with Crippen molar-refractivity contribution in [1.82, 2.24) is 0 Å². The van der Waals surface area contributed by atoms with Crippen molar-refractivity contribution in [2.24, 2.45) is 5.73 Å². The van der Waals surface area contributed by atoms with Crippen LogP contribution in [-0.4, -0.2) is 6.04 Å². The molecule has 1 fully saturated rings. The van der Waals surface area contributed by atoms with Crippen molar-refractivity contribution >= 4 is 10.8 Å². The van der Waals surface area contributed by atoms with Crippen LogP contribution in [0.1, 0.15) is 43.6 Å². The second kappa shape index (κ2) is 5.11. The Morgan fingerprint density at radius 1 is 0.889 bits per heavy atom. The fourth-order valence-electron chi connectivity index (χ4n) is 3.16. The van der Waals surface area contributed by atoms with E-state index in [2.05, 4.69) is 42.5 Å². The number of fused-ring (bicyclic) bond motifs is 1. The van der Waals surface area contributed by atoms with Crippen LogP contribution in [0.3, 0.4) is 0 Å². The van der Waals surface area contributed by atoms with E-state index in [1.54, 1.807) is 0 Å². The molecule has 94 valence electrons. The van der Waals surface area contributed by atoms with Crippen LogP contribution in [0.4, 0.5) is 0 Å². The lowest BCUT2D eigenvalue weighted by molar-refractivity contribution is 0.536. The van der Waals surface area contributed by atoms with Crippen LogP contribution in [-0.2, 0) is 0 Å². The summed E-state index contributed by atoms with van der Waals surface area (Å²) < 4.78 is 0. The van der Waals surface area contributed by atoms with Gasteiger partial charge in [-0.15, -0.1) is 0 Å². The van der Waals surface area contributed by atoms with Crippen LogP contribution in [0.5, 0.6) is 0 Å². The molecule has 1 aliphatic rings. The highest BCUT2D eigenvalue weighted by Crippen LogP contribution is 2.32. The van der Waals surface area contributed by atoms with Gasteiger partial charge < -0.3 is 5.73 Å². The van der Waals surface area contributed by atoms with Gasteiger partial charge in [-0.3, -0.25) is 0 Å². The van der Waals surface area contributed by atoms with E-state index in [0.29, 0.717) is 12.0 Å². The molecule has 2 atom stereocenters. The highest BCUT2D eigenvalue weighted by Gasteiger charge is 2.19. The summed E-state index contributed by atoms with van der Waals surface area (Å²) in [7, 11) is 0. The number of hydrogen-bond acceptors (Lipinski definition) is 1. The summed E-state index contributed by atoms with van der Waals surface area (Å²) in [5.41, 5.74) is 7.65. The van der Waals surface area contributed by atoms with E-state index in [-0.39, 0.29) is 0 Å². The van der Waals surface area contributed by atoms with Crippen LogP contribution < -0.4 is 5.73 Å². The van der Waals surface area contributed by atoms with Gasteiger partial charge in [-0.2, -0.15) is 0 Å². The van der Waals surface area contributed by atoms with Crippen molar-refractivity contribution in [3.63, 3.8) is 0 Å². The lowest BCUT2D eigenvalue weighted by Crippen LogP contribution is -2.20. The predicted octanol–water partition coefficient (Wildman–Crippen LogP) is 4.21. The first-order valence-electron chi connectivity index (χ1n) is 7.07. The Morgan fingerprint density at radius 2 is 1.67 bits per heavy atom. The summed E-state index contributed by atoms with van der Waals surface area (Å²) in [6, 6.07) is 15.9. The normalized spacial score (nSPS) is 24.9. The van der Waals surface area contributed by atoms with Gasteiger partial charge in [-0.1, -0.05) is 55.3 Å². The summed E-state index contributed by atoms with van der Waals surface area (Å²) in [5, 5.41) is 2.69. The Hall–Kier alpha value is -1.34. The van der Waals surface area contributed by atoms with Crippen LogP contribution in [0, 0.1) is 0 Å². The zero-order valence-electron chi connectivity index (χ0n) is 10.8. The third kappa shape index (κ3) is 2.41. The maximum atomic E-state index is 6.18. The van der Waals surface area contributed by atoms with Crippen molar-refractivity contribution in [3.8, 4) is 0 Å². The van der Waals surface area contributed by atoms with E-state index in [9.17, 15) is 0 Å². The summed E-state index contributed by atoms with van der Waals surface area (Å²) in [6.45, 7) is 0. The van der Waals surface area contributed by atoms with Crippen molar-refractivity contribution in [2.45, 2.75) is 44.1 Å². The molecule has 0 saturated heterocycles. The molecule has 0 aliphatic heterocycles. The van der Waals surface area contributed by atoms with Crippen molar-refractivity contribution in [3.05, 3.63) is 48.0 Å². The van der Waals surface area contributed by atoms with Gasteiger partial charge in [0.15, 0.2) is 0 Å². The number of hydrogen-bond donors (Lipinski definition) is 1. The first-order valence-corrected chi connectivity index (χ1v) is 7.07. The van der Waals surface area contributed by atoms with E-state index in [1.807, 2.05) is 0 Å². The van der Waals surface area contributed by atoms with Gasteiger partial charge in [0, 0.05) is 6.04 Å². The van der Waals surface area contributed by atoms with Gasteiger partial charge in [-0.05, 0) is 41.5 Å². The molecule has 3 rings (SSSR count). The van der Waals surface area contributed by atoms with Gasteiger partial charge >= 0.3 is 0 Å². The topological polar surface area (TPSA) is 26.0 Å². The molecule has 18 heavy (non-hydrogen) atoms. The van der Waals surface area contributed by atoms with Crippen molar-refractivity contribution < 1.29 is 0 Å². The SMILES string of the molecule is NC1CCCCC(c2ccc3ccccc3c2)C1. The Bertz CT molecular complexity index is 532.